The van der Waals surface area contributed by atoms with Crippen LogP contribution in [0.3, 0.4) is 0 Å². The van der Waals surface area contributed by atoms with E-state index in [0.717, 1.165) is 25.7 Å². The molecule has 0 aliphatic heterocycles. The van der Waals surface area contributed by atoms with E-state index in [1.165, 1.54) is 0 Å². The summed E-state index contributed by atoms with van der Waals surface area (Å²) in [7, 11) is 0. The smallest absolute Gasteiger partial charge is 0.312 e. The van der Waals surface area contributed by atoms with Gasteiger partial charge in [0.15, 0.2) is 6.10 Å². The summed E-state index contributed by atoms with van der Waals surface area (Å²) < 4.78 is 5.04. The van der Waals surface area contributed by atoms with Gasteiger partial charge in [-0.3, -0.25) is 9.59 Å². The fourth-order valence-electron chi connectivity index (χ4n) is 1.64. The number of hydrogen-bond acceptors (Lipinski definition) is 4. The molecule has 0 radical (unpaired) electrons. The molecule has 0 heterocycles. The summed E-state index contributed by atoms with van der Waals surface area (Å²) in [5.41, 5.74) is 4.92. The van der Waals surface area contributed by atoms with Gasteiger partial charge in [-0.05, 0) is 32.6 Å². The molecule has 1 aliphatic carbocycles. The molecule has 0 saturated heterocycles. The monoisotopic (exact) mass is 285 g/mol. The number of urea groups is 1. The average molecular weight is 285 g/mol. The van der Waals surface area contributed by atoms with Crippen molar-refractivity contribution in [1.29, 1.82) is 0 Å². The first-order valence-corrected chi connectivity index (χ1v) is 7.02. The van der Waals surface area contributed by atoms with Crippen LogP contribution in [0.2, 0.25) is 0 Å². The highest BCUT2D eigenvalue weighted by Crippen LogP contribution is 2.18. The number of amides is 3. The molecule has 7 nitrogen and oxygen atoms in total. The summed E-state index contributed by atoms with van der Waals surface area (Å²) in [4.78, 5) is 33.5. The van der Waals surface area contributed by atoms with Crippen LogP contribution >= 0.6 is 0 Å². The highest BCUT2D eigenvalue weighted by molar-refractivity contribution is 5.83. The fraction of sp³-hybridized carbons (Fsp3) is 0.769. The Morgan fingerprint density at radius 2 is 1.95 bits per heavy atom. The van der Waals surface area contributed by atoms with E-state index in [1.807, 2.05) is 0 Å². The largest absolute Gasteiger partial charge is 0.453 e. The number of rotatable bonds is 9. The summed E-state index contributed by atoms with van der Waals surface area (Å²) in [5, 5.41) is 5.26. The molecule has 4 N–H and O–H groups in total. The van der Waals surface area contributed by atoms with E-state index in [1.54, 1.807) is 6.92 Å². The molecule has 0 aromatic carbocycles. The second-order valence-electron chi connectivity index (χ2n) is 5.02. The van der Waals surface area contributed by atoms with Crippen molar-refractivity contribution >= 4 is 17.9 Å². The van der Waals surface area contributed by atoms with Gasteiger partial charge in [0.1, 0.15) is 0 Å². The molecule has 0 spiro atoms. The van der Waals surface area contributed by atoms with Gasteiger partial charge in [0.05, 0.1) is 0 Å². The normalized spacial score (nSPS) is 15.2. The fourth-order valence-corrected chi connectivity index (χ4v) is 1.64. The van der Waals surface area contributed by atoms with E-state index in [2.05, 4.69) is 10.6 Å². The Bertz CT molecular complexity index is 356. The minimum absolute atomic E-state index is 0.230. The van der Waals surface area contributed by atoms with E-state index in [4.69, 9.17) is 10.5 Å². The van der Waals surface area contributed by atoms with Crippen molar-refractivity contribution in [2.75, 3.05) is 6.54 Å². The van der Waals surface area contributed by atoms with E-state index in [-0.39, 0.29) is 24.3 Å². The van der Waals surface area contributed by atoms with Crippen molar-refractivity contribution in [3.8, 4) is 0 Å². The Morgan fingerprint density at radius 3 is 2.55 bits per heavy atom. The highest BCUT2D eigenvalue weighted by Gasteiger charge is 2.26. The number of carbonyl (C=O) groups excluding carboxylic acids is 3. The molecule has 0 bridgehead atoms. The Labute approximate surface area is 118 Å². The third-order valence-electron chi connectivity index (χ3n) is 2.96. The molecular formula is C13H23N3O4. The Balaban J connectivity index is 2.01. The molecular weight excluding hydrogens is 262 g/mol. The van der Waals surface area contributed by atoms with Gasteiger partial charge in [-0.1, -0.05) is 6.42 Å². The van der Waals surface area contributed by atoms with Gasteiger partial charge >= 0.3 is 12.0 Å². The molecule has 0 aromatic rings. The second-order valence-corrected chi connectivity index (χ2v) is 5.02. The summed E-state index contributed by atoms with van der Waals surface area (Å²) in [6, 6.07) is -0.277. The van der Waals surface area contributed by atoms with Gasteiger partial charge in [0.2, 0.25) is 0 Å². The standard InChI is InChI=1S/C13H23N3O4/c1-9(12(18)16-10-6-7-10)20-11(17)5-3-2-4-8-15-13(14)19/h9-10H,2-8H2,1H3,(H,16,18)(H3,14,15,19)/t9-/m1/s1. The number of esters is 1. The van der Waals surface area contributed by atoms with Crippen LogP contribution in [0.1, 0.15) is 45.4 Å². The first kappa shape index (κ1) is 16.3. The predicted octanol–water partition coefficient (Wildman–Crippen LogP) is 0.425. The summed E-state index contributed by atoms with van der Waals surface area (Å²) in [6.07, 6.45) is 3.76. The first-order chi connectivity index (χ1) is 9.49. The predicted molar refractivity (Wildman–Crippen MR) is 72.8 cm³/mol. The molecule has 20 heavy (non-hydrogen) atoms. The summed E-state index contributed by atoms with van der Waals surface area (Å²) in [5.74, 6) is -0.599. The zero-order valence-corrected chi connectivity index (χ0v) is 11.8. The number of nitrogens with two attached hydrogens (primary N) is 1. The topological polar surface area (TPSA) is 111 Å². The van der Waals surface area contributed by atoms with Gasteiger partial charge in [-0.2, -0.15) is 0 Å². The molecule has 1 saturated carbocycles. The van der Waals surface area contributed by atoms with Crippen LogP contribution in [0.15, 0.2) is 0 Å². The minimum Gasteiger partial charge on any atom is -0.453 e. The van der Waals surface area contributed by atoms with Gasteiger partial charge in [0.25, 0.3) is 5.91 Å². The van der Waals surface area contributed by atoms with Crippen LogP contribution in [0.25, 0.3) is 0 Å². The minimum atomic E-state index is -0.736. The molecule has 1 atom stereocenters. The van der Waals surface area contributed by atoms with E-state index in [9.17, 15) is 14.4 Å². The van der Waals surface area contributed by atoms with Crippen molar-refractivity contribution in [2.24, 2.45) is 5.73 Å². The Kier molecular flexibility index (Phi) is 6.83. The van der Waals surface area contributed by atoms with Crippen LogP contribution in [-0.2, 0) is 14.3 Å². The van der Waals surface area contributed by atoms with Crippen LogP contribution in [0.4, 0.5) is 4.79 Å². The van der Waals surface area contributed by atoms with Gasteiger partial charge < -0.3 is 21.1 Å². The third-order valence-corrected chi connectivity index (χ3v) is 2.96. The number of primary amides is 1. The molecule has 114 valence electrons. The van der Waals surface area contributed by atoms with E-state index >= 15 is 0 Å². The van der Waals surface area contributed by atoms with Crippen molar-refractivity contribution < 1.29 is 19.1 Å². The molecule has 0 unspecified atom stereocenters. The van der Waals surface area contributed by atoms with Crippen molar-refractivity contribution in [3.05, 3.63) is 0 Å². The molecule has 1 rings (SSSR count). The lowest BCUT2D eigenvalue weighted by molar-refractivity contribution is -0.155. The second kappa shape index (κ2) is 8.39. The zero-order chi connectivity index (χ0) is 15.0. The van der Waals surface area contributed by atoms with Crippen LogP contribution in [0.5, 0.6) is 0 Å². The third kappa shape index (κ3) is 7.60. The molecule has 1 aliphatic rings. The van der Waals surface area contributed by atoms with Crippen LogP contribution < -0.4 is 16.4 Å². The van der Waals surface area contributed by atoms with Crippen molar-refractivity contribution in [3.63, 3.8) is 0 Å². The zero-order valence-electron chi connectivity index (χ0n) is 11.8. The number of ether oxygens (including phenoxy) is 1. The number of nitrogens with one attached hydrogen (secondary N) is 2. The molecule has 7 heteroatoms. The lowest BCUT2D eigenvalue weighted by Crippen LogP contribution is -2.37. The summed E-state index contributed by atoms with van der Waals surface area (Å²) >= 11 is 0. The maximum Gasteiger partial charge on any atom is 0.312 e. The molecule has 3 amide bonds. The summed E-state index contributed by atoms with van der Waals surface area (Å²) in [6.45, 7) is 2.08. The van der Waals surface area contributed by atoms with E-state index in [0.29, 0.717) is 13.0 Å². The van der Waals surface area contributed by atoms with E-state index < -0.39 is 12.1 Å². The number of unbranched alkanes of at least 4 members (excludes halogenated alkanes) is 2. The molecule has 1 fully saturated rings. The SMILES string of the molecule is C[C@@H](OC(=O)CCCCCNC(N)=O)C(=O)NC1CC1. The van der Waals surface area contributed by atoms with Gasteiger partial charge in [-0.25, -0.2) is 4.79 Å². The average Bonchev–Trinajstić information content (AvgIpc) is 3.17. The highest BCUT2D eigenvalue weighted by atomic mass is 16.5. The number of carbonyl (C=O) groups is 3. The Morgan fingerprint density at radius 1 is 1.25 bits per heavy atom. The molecule has 0 aromatic heterocycles. The van der Waals surface area contributed by atoms with Crippen molar-refractivity contribution in [2.45, 2.75) is 57.6 Å². The van der Waals surface area contributed by atoms with Gasteiger partial charge in [0, 0.05) is 19.0 Å². The lowest BCUT2D eigenvalue weighted by Gasteiger charge is -2.13. The maximum atomic E-state index is 11.6. The lowest BCUT2D eigenvalue weighted by atomic mass is 10.2. The van der Waals surface area contributed by atoms with Crippen molar-refractivity contribution in [1.82, 2.24) is 10.6 Å². The Hall–Kier alpha value is -1.79. The van der Waals surface area contributed by atoms with Gasteiger partial charge in [-0.15, -0.1) is 0 Å². The van der Waals surface area contributed by atoms with Crippen LogP contribution in [-0.4, -0.2) is 36.6 Å². The maximum absolute atomic E-state index is 11.6. The van der Waals surface area contributed by atoms with Crippen LogP contribution in [0, 0.1) is 0 Å². The quantitative estimate of drug-likeness (QED) is 0.421. The number of hydrogen-bond donors (Lipinski definition) is 3. The first-order valence-electron chi connectivity index (χ1n) is 7.02.